The average molecular weight is 465 g/mol. The van der Waals surface area contributed by atoms with E-state index in [-0.39, 0.29) is 18.3 Å². The quantitative estimate of drug-likeness (QED) is 0.488. The SMILES string of the molecule is COc1nc2cc(CO)cc3c2nc1-c1cccc2c(=O)n(sc12)CCN1CCC(CC1)O3. The maximum Gasteiger partial charge on any atom is 0.268 e. The molecule has 0 unspecified atom stereocenters. The number of aliphatic hydroxyl groups is 1. The van der Waals surface area contributed by atoms with E-state index in [0.29, 0.717) is 45.9 Å². The van der Waals surface area contributed by atoms with E-state index in [4.69, 9.17) is 19.4 Å². The molecule has 1 fully saturated rings. The summed E-state index contributed by atoms with van der Waals surface area (Å²) in [5, 5.41) is 10.5. The van der Waals surface area contributed by atoms with Gasteiger partial charge in [-0.2, -0.15) is 0 Å². The molecule has 0 aliphatic carbocycles. The first-order valence-corrected chi connectivity index (χ1v) is 11.9. The molecule has 4 aromatic rings. The highest BCUT2D eigenvalue weighted by Crippen LogP contribution is 2.38. The molecular formula is C24H24N4O4S. The van der Waals surface area contributed by atoms with Crippen LogP contribution in [0.15, 0.2) is 35.1 Å². The van der Waals surface area contributed by atoms with Crippen molar-refractivity contribution in [3.05, 3.63) is 46.2 Å². The van der Waals surface area contributed by atoms with Crippen molar-refractivity contribution in [3.63, 3.8) is 0 Å². The molecule has 7 rings (SSSR count). The number of rotatable bonds is 2. The third kappa shape index (κ3) is 3.47. The summed E-state index contributed by atoms with van der Waals surface area (Å²) in [5.41, 5.74) is 3.38. The van der Waals surface area contributed by atoms with Gasteiger partial charge in [0.1, 0.15) is 23.1 Å². The van der Waals surface area contributed by atoms with Gasteiger partial charge >= 0.3 is 0 Å². The lowest BCUT2D eigenvalue weighted by molar-refractivity contribution is 0.0998. The zero-order valence-corrected chi connectivity index (χ0v) is 19.1. The van der Waals surface area contributed by atoms with Crippen LogP contribution in [-0.2, 0) is 13.2 Å². The van der Waals surface area contributed by atoms with Crippen LogP contribution in [0.25, 0.3) is 32.4 Å². The molecule has 8 nitrogen and oxygen atoms in total. The van der Waals surface area contributed by atoms with Gasteiger partial charge in [0.25, 0.3) is 5.56 Å². The zero-order valence-electron chi connectivity index (χ0n) is 18.3. The normalized spacial score (nSPS) is 20.2. The largest absolute Gasteiger partial charge is 0.488 e. The van der Waals surface area contributed by atoms with Crippen molar-refractivity contribution in [2.45, 2.75) is 32.1 Å². The molecule has 1 saturated heterocycles. The fourth-order valence-corrected chi connectivity index (χ4v) is 5.84. The highest BCUT2D eigenvalue weighted by molar-refractivity contribution is 7.14. The predicted molar refractivity (Wildman–Crippen MR) is 127 cm³/mol. The van der Waals surface area contributed by atoms with Gasteiger partial charge in [-0.25, -0.2) is 9.97 Å². The van der Waals surface area contributed by atoms with E-state index >= 15 is 0 Å². The molecule has 2 aromatic heterocycles. The van der Waals surface area contributed by atoms with Crippen molar-refractivity contribution in [1.82, 2.24) is 18.8 Å². The summed E-state index contributed by atoms with van der Waals surface area (Å²) < 4.78 is 14.8. The lowest BCUT2D eigenvalue weighted by Gasteiger charge is -2.32. The first-order chi connectivity index (χ1) is 16.1. The molecule has 3 aliphatic heterocycles. The van der Waals surface area contributed by atoms with Crippen LogP contribution < -0.4 is 15.0 Å². The fourth-order valence-electron chi connectivity index (χ4n) is 4.75. The molecule has 0 amide bonds. The summed E-state index contributed by atoms with van der Waals surface area (Å²) in [6, 6.07) is 9.36. The fraction of sp³-hybridized carbons (Fsp3) is 0.375. The summed E-state index contributed by atoms with van der Waals surface area (Å²) in [6.07, 6.45) is 1.85. The zero-order chi connectivity index (χ0) is 22.5. The van der Waals surface area contributed by atoms with Crippen LogP contribution in [0.5, 0.6) is 11.6 Å². The second-order valence-electron chi connectivity index (χ2n) is 8.54. The molecule has 1 N–H and O–H groups in total. The molecule has 9 heteroatoms. The van der Waals surface area contributed by atoms with Gasteiger partial charge < -0.3 is 19.5 Å². The number of methoxy groups -OCH3 is 1. The number of hydrogen-bond donors (Lipinski definition) is 1. The van der Waals surface area contributed by atoms with Gasteiger partial charge in [-0.15, -0.1) is 0 Å². The van der Waals surface area contributed by atoms with Gasteiger partial charge in [-0.1, -0.05) is 23.7 Å². The molecular weight excluding hydrogens is 440 g/mol. The first-order valence-electron chi connectivity index (χ1n) is 11.2. The standard InChI is InChI=1S/C24H24N4O4S/c1-31-23-20-16-3-2-4-17-22(16)33-28(24(17)30)10-9-27-7-5-15(6-8-27)32-19-12-14(13-29)11-18(25-23)21(19)26-20/h2-4,11-12,15,29H,5-10,13H2,1H3. The molecule has 0 saturated carbocycles. The minimum atomic E-state index is -0.114. The predicted octanol–water partition coefficient (Wildman–Crippen LogP) is 3.03. The van der Waals surface area contributed by atoms with E-state index in [0.717, 1.165) is 42.7 Å². The molecule has 0 spiro atoms. The van der Waals surface area contributed by atoms with E-state index in [1.165, 1.54) is 11.5 Å². The Kier molecular flexibility index (Phi) is 5.05. The van der Waals surface area contributed by atoms with E-state index < -0.39 is 0 Å². The van der Waals surface area contributed by atoms with E-state index in [9.17, 15) is 9.90 Å². The molecule has 2 aromatic carbocycles. The maximum atomic E-state index is 13.1. The summed E-state index contributed by atoms with van der Waals surface area (Å²) in [4.78, 5) is 25.2. The average Bonchev–Trinajstić information content (AvgIpc) is 3.17. The van der Waals surface area contributed by atoms with Gasteiger partial charge in [0, 0.05) is 31.7 Å². The summed E-state index contributed by atoms with van der Waals surface area (Å²) in [5.74, 6) is 0.999. The third-order valence-electron chi connectivity index (χ3n) is 6.51. The van der Waals surface area contributed by atoms with Crippen molar-refractivity contribution >= 4 is 32.7 Å². The first kappa shape index (κ1) is 20.6. The van der Waals surface area contributed by atoms with Crippen LogP contribution in [0.1, 0.15) is 18.4 Å². The summed E-state index contributed by atoms with van der Waals surface area (Å²) in [6.45, 7) is 3.20. The highest BCUT2D eigenvalue weighted by atomic mass is 32.1. The Morgan fingerprint density at radius 2 is 2.03 bits per heavy atom. The Hall–Kier alpha value is -3.01. The van der Waals surface area contributed by atoms with Gasteiger partial charge in [0.15, 0.2) is 0 Å². The maximum absolute atomic E-state index is 13.1. The van der Waals surface area contributed by atoms with Crippen LogP contribution in [0.3, 0.4) is 0 Å². The van der Waals surface area contributed by atoms with Crippen LogP contribution >= 0.6 is 11.5 Å². The Balaban J connectivity index is 1.66. The number of benzene rings is 2. The van der Waals surface area contributed by atoms with E-state index in [1.54, 1.807) is 7.11 Å². The smallest absolute Gasteiger partial charge is 0.268 e. The van der Waals surface area contributed by atoms with E-state index in [1.807, 2.05) is 34.3 Å². The molecule has 33 heavy (non-hydrogen) atoms. The van der Waals surface area contributed by atoms with Crippen LogP contribution in [0.2, 0.25) is 0 Å². The lowest BCUT2D eigenvalue weighted by Crippen LogP contribution is -2.40. The van der Waals surface area contributed by atoms with Gasteiger partial charge in [-0.05, 0) is 36.6 Å². The summed E-state index contributed by atoms with van der Waals surface area (Å²) in [7, 11) is 1.57. The lowest BCUT2D eigenvalue weighted by atomic mass is 10.1. The molecule has 5 heterocycles. The van der Waals surface area contributed by atoms with Crippen molar-refractivity contribution in [2.24, 2.45) is 0 Å². The number of aliphatic hydroxyl groups excluding tert-OH is 1. The second kappa shape index (κ2) is 8.09. The Morgan fingerprint density at radius 1 is 1.18 bits per heavy atom. The molecule has 6 bridgehead atoms. The van der Waals surface area contributed by atoms with E-state index in [2.05, 4.69) is 4.90 Å². The summed E-state index contributed by atoms with van der Waals surface area (Å²) >= 11 is 1.47. The Morgan fingerprint density at radius 3 is 2.82 bits per heavy atom. The van der Waals surface area contributed by atoms with Crippen LogP contribution in [-0.4, -0.2) is 56.8 Å². The minimum absolute atomic E-state index is 0.0307. The Bertz CT molecular complexity index is 1420. The van der Waals surface area contributed by atoms with Crippen molar-refractivity contribution in [2.75, 3.05) is 26.7 Å². The number of hydrogen-bond acceptors (Lipinski definition) is 8. The number of piperidine rings is 1. The van der Waals surface area contributed by atoms with Gasteiger partial charge in [-0.3, -0.25) is 8.75 Å². The Labute approximate surface area is 194 Å². The van der Waals surface area contributed by atoms with Crippen LogP contribution in [0, 0.1) is 0 Å². The third-order valence-corrected chi connectivity index (χ3v) is 7.71. The molecule has 3 aliphatic rings. The highest BCUT2D eigenvalue weighted by Gasteiger charge is 2.25. The number of ether oxygens (including phenoxy) is 2. The van der Waals surface area contributed by atoms with Crippen LogP contribution in [0.4, 0.5) is 0 Å². The molecule has 0 radical (unpaired) electrons. The molecule has 170 valence electrons. The van der Waals surface area contributed by atoms with Gasteiger partial charge in [0.2, 0.25) is 5.88 Å². The number of aromatic nitrogens is 3. The van der Waals surface area contributed by atoms with Crippen molar-refractivity contribution in [1.29, 1.82) is 0 Å². The minimum Gasteiger partial charge on any atom is -0.488 e. The number of fused-ring (bicyclic) bond motifs is 3. The van der Waals surface area contributed by atoms with Gasteiger partial charge in [0.05, 0.1) is 29.3 Å². The van der Waals surface area contributed by atoms with Crippen molar-refractivity contribution < 1.29 is 14.6 Å². The molecule has 0 atom stereocenters. The monoisotopic (exact) mass is 464 g/mol. The van der Waals surface area contributed by atoms with Crippen molar-refractivity contribution in [3.8, 4) is 22.9 Å². The number of nitrogens with zero attached hydrogens (tertiary/aromatic N) is 4. The second-order valence-corrected chi connectivity index (χ2v) is 9.57. The topological polar surface area (TPSA) is 89.7 Å².